The number of amides is 1. The molecule has 2 N–H and O–H groups in total. The number of aromatic nitrogens is 1. The van der Waals surface area contributed by atoms with Gasteiger partial charge in [0.05, 0.1) is 5.03 Å². The molecule has 1 aromatic rings. The highest BCUT2D eigenvalue weighted by Gasteiger charge is 2.13. The summed E-state index contributed by atoms with van der Waals surface area (Å²) in [5, 5.41) is 6.87. The van der Waals surface area contributed by atoms with E-state index in [-0.39, 0.29) is 5.91 Å². The van der Waals surface area contributed by atoms with Crippen molar-refractivity contribution in [1.29, 1.82) is 0 Å². The van der Waals surface area contributed by atoms with Gasteiger partial charge in [-0.05, 0) is 75.3 Å². The molecule has 0 saturated carbocycles. The molecule has 0 aliphatic carbocycles. The van der Waals surface area contributed by atoms with Crippen molar-refractivity contribution in [1.82, 2.24) is 15.6 Å². The first-order valence-electron chi connectivity index (χ1n) is 11.5. The fourth-order valence-corrected chi connectivity index (χ4v) is 3.91. The maximum absolute atomic E-state index is 12.7. The molecule has 0 radical (unpaired) electrons. The van der Waals surface area contributed by atoms with Crippen LogP contribution in [-0.2, 0) is 6.42 Å². The fourth-order valence-electron chi connectivity index (χ4n) is 3.77. The first kappa shape index (κ1) is 24.6. The molecule has 33 heavy (non-hydrogen) atoms. The second-order valence-corrected chi connectivity index (χ2v) is 8.56. The van der Waals surface area contributed by atoms with Crippen LogP contribution >= 0.6 is 11.6 Å². The summed E-state index contributed by atoms with van der Waals surface area (Å²) < 4.78 is 0. The summed E-state index contributed by atoms with van der Waals surface area (Å²) in [7, 11) is 0. The largest absolute Gasteiger partial charge is 0.370 e. The lowest BCUT2D eigenvalue weighted by atomic mass is 9.96. The van der Waals surface area contributed by atoms with Gasteiger partial charge in [-0.15, -0.1) is 0 Å². The average molecular weight is 466 g/mol. The van der Waals surface area contributed by atoms with E-state index in [1.54, 1.807) is 18.5 Å². The number of nitrogens with zero attached hydrogens (tertiary/aromatic N) is 3. The molecule has 174 valence electrons. The van der Waals surface area contributed by atoms with Gasteiger partial charge in [-0.25, -0.2) is 4.99 Å². The molecule has 2 aliphatic heterocycles. The number of aliphatic imine (C=N–C) groups is 2. The van der Waals surface area contributed by atoms with E-state index in [9.17, 15) is 4.79 Å². The Morgan fingerprint density at radius 1 is 1.42 bits per heavy atom. The first-order chi connectivity index (χ1) is 16.0. The third-order valence-electron chi connectivity index (χ3n) is 5.55. The molecule has 2 aliphatic rings. The third kappa shape index (κ3) is 8.13. The van der Waals surface area contributed by atoms with Gasteiger partial charge in [-0.3, -0.25) is 14.8 Å². The Balaban J connectivity index is 1.57. The average Bonchev–Trinajstić information content (AvgIpc) is 3.25. The number of hydrogen-bond acceptors (Lipinski definition) is 4. The number of hydrogen-bond donors (Lipinski definition) is 2. The zero-order valence-electron chi connectivity index (χ0n) is 19.4. The minimum atomic E-state index is -0.117. The molecule has 1 unspecified atom stereocenters. The van der Waals surface area contributed by atoms with E-state index < -0.39 is 0 Å². The van der Waals surface area contributed by atoms with Crippen LogP contribution in [0.15, 0.2) is 75.0 Å². The van der Waals surface area contributed by atoms with Gasteiger partial charge in [0.15, 0.2) is 0 Å². The molecule has 0 aromatic carbocycles. The number of rotatable bonds is 6. The van der Waals surface area contributed by atoms with E-state index in [4.69, 9.17) is 11.6 Å². The van der Waals surface area contributed by atoms with Gasteiger partial charge in [-0.1, -0.05) is 29.8 Å². The zero-order valence-corrected chi connectivity index (χ0v) is 20.1. The van der Waals surface area contributed by atoms with Crippen molar-refractivity contribution in [2.75, 3.05) is 19.6 Å². The number of carbonyl (C=O) groups is 1. The van der Waals surface area contributed by atoms with Crippen LogP contribution in [-0.4, -0.2) is 42.6 Å². The molecule has 1 amide bonds. The monoisotopic (exact) mass is 465 g/mol. The highest BCUT2D eigenvalue weighted by molar-refractivity contribution is 6.39. The van der Waals surface area contributed by atoms with Gasteiger partial charge in [-0.2, -0.15) is 0 Å². The van der Waals surface area contributed by atoms with Crippen molar-refractivity contribution in [2.45, 2.75) is 39.5 Å². The molecule has 3 heterocycles. The number of pyridine rings is 1. The van der Waals surface area contributed by atoms with Gasteiger partial charge in [0.2, 0.25) is 0 Å². The second-order valence-electron chi connectivity index (χ2n) is 8.12. The molecule has 0 spiro atoms. The number of halogens is 1. The summed E-state index contributed by atoms with van der Waals surface area (Å²) in [5.41, 5.74) is 3.61. The minimum Gasteiger partial charge on any atom is -0.370 e. The Labute approximate surface area is 201 Å². The third-order valence-corrected chi connectivity index (χ3v) is 5.78. The lowest BCUT2D eigenvalue weighted by molar-refractivity contribution is 0.0957. The molecule has 6 nitrogen and oxygen atoms in total. The van der Waals surface area contributed by atoms with Gasteiger partial charge in [0.25, 0.3) is 5.91 Å². The van der Waals surface area contributed by atoms with Crippen LogP contribution in [0.25, 0.3) is 0 Å². The van der Waals surface area contributed by atoms with Crippen LogP contribution in [0.2, 0.25) is 0 Å². The lowest BCUT2D eigenvalue weighted by Crippen LogP contribution is -2.24. The predicted molar refractivity (Wildman–Crippen MR) is 137 cm³/mol. The number of allylic oxidation sites excluding steroid dienone is 6. The zero-order chi connectivity index (χ0) is 23.5. The molecule has 3 rings (SSSR count). The van der Waals surface area contributed by atoms with Crippen molar-refractivity contribution >= 4 is 29.6 Å². The van der Waals surface area contributed by atoms with Gasteiger partial charge in [0, 0.05) is 49.0 Å². The van der Waals surface area contributed by atoms with E-state index in [0.29, 0.717) is 23.1 Å². The van der Waals surface area contributed by atoms with Crippen LogP contribution in [0, 0.1) is 5.92 Å². The first-order valence-corrected chi connectivity index (χ1v) is 11.8. The summed E-state index contributed by atoms with van der Waals surface area (Å²) >= 11 is 6.09. The highest BCUT2D eigenvalue weighted by atomic mass is 35.5. The van der Waals surface area contributed by atoms with Crippen LogP contribution < -0.4 is 10.6 Å². The number of carbonyl (C=O) groups excluding carboxylic acids is 1. The van der Waals surface area contributed by atoms with E-state index in [2.05, 4.69) is 37.8 Å². The van der Waals surface area contributed by atoms with Crippen LogP contribution in [0.3, 0.4) is 0 Å². The molecule has 0 bridgehead atoms. The molecular weight excluding hydrogens is 434 g/mol. The van der Waals surface area contributed by atoms with Gasteiger partial charge < -0.3 is 10.6 Å². The van der Waals surface area contributed by atoms with Crippen LogP contribution in [0.4, 0.5) is 0 Å². The maximum atomic E-state index is 12.7. The summed E-state index contributed by atoms with van der Waals surface area (Å²) in [5.74, 6) is 1.13. The SMILES string of the molecule is C\C=C1/CCN/C1=N/C(C)=C/CNC(=O)c1ccnc(CC2/C=C/C=C(Cl)\C=N/CCC2)c1. The normalized spacial score (nSPS) is 25.2. The van der Waals surface area contributed by atoms with Crippen molar-refractivity contribution in [3.8, 4) is 0 Å². The second kappa shape index (κ2) is 12.9. The van der Waals surface area contributed by atoms with Crippen molar-refractivity contribution in [3.05, 3.63) is 76.3 Å². The smallest absolute Gasteiger partial charge is 0.251 e. The minimum absolute atomic E-state index is 0.117. The summed E-state index contributed by atoms with van der Waals surface area (Å²) in [6, 6.07) is 3.62. The van der Waals surface area contributed by atoms with Crippen molar-refractivity contribution in [3.63, 3.8) is 0 Å². The Morgan fingerprint density at radius 3 is 3.15 bits per heavy atom. The fraction of sp³-hybridized carbons (Fsp3) is 0.385. The molecule has 1 saturated heterocycles. The Hall–Kier alpha value is -2.99. The maximum Gasteiger partial charge on any atom is 0.251 e. The molecule has 1 atom stereocenters. The summed E-state index contributed by atoms with van der Waals surface area (Å²) in [6.07, 6.45) is 17.1. The standard InChI is InChI=1S/C26H32ClN5O/c1-3-21-10-15-30-25(21)32-19(2)9-13-31-26(33)22-11-14-29-24(17-22)16-20-6-4-8-23(27)18-28-12-5-7-20/h3-4,6,8-9,11,14,17-18,20H,5,7,10,12-13,15-16H2,1-2H3,(H,30,32)(H,31,33)/b6-4+,19-9+,21-3+,23-8+,28-18-. The Kier molecular flexibility index (Phi) is 9.63. The van der Waals surface area contributed by atoms with E-state index in [0.717, 1.165) is 56.0 Å². The number of nitrogens with one attached hydrogen (secondary N) is 2. The lowest BCUT2D eigenvalue weighted by Gasteiger charge is -2.13. The van der Waals surface area contributed by atoms with Crippen LogP contribution in [0.5, 0.6) is 0 Å². The van der Waals surface area contributed by atoms with Crippen LogP contribution in [0.1, 0.15) is 49.2 Å². The Morgan fingerprint density at radius 2 is 2.30 bits per heavy atom. The van der Waals surface area contributed by atoms with Crippen molar-refractivity contribution in [2.24, 2.45) is 15.9 Å². The molecular formula is C26H32ClN5O. The molecule has 1 fully saturated rings. The van der Waals surface area contributed by atoms with E-state index in [1.165, 1.54) is 5.57 Å². The van der Waals surface area contributed by atoms with E-state index in [1.807, 2.05) is 38.1 Å². The quantitative estimate of drug-likeness (QED) is 0.636. The summed E-state index contributed by atoms with van der Waals surface area (Å²) in [4.78, 5) is 26.1. The van der Waals surface area contributed by atoms with Gasteiger partial charge >= 0.3 is 0 Å². The predicted octanol–water partition coefficient (Wildman–Crippen LogP) is 4.76. The Bertz CT molecular complexity index is 1020. The highest BCUT2D eigenvalue weighted by Crippen LogP contribution is 2.17. The number of amidine groups is 1. The van der Waals surface area contributed by atoms with E-state index >= 15 is 0 Å². The van der Waals surface area contributed by atoms with Gasteiger partial charge in [0.1, 0.15) is 5.84 Å². The van der Waals surface area contributed by atoms with Crippen molar-refractivity contribution < 1.29 is 4.79 Å². The topological polar surface area (TPSA) is 78.7 Å². The molecule has 1 aromatic heterocycles. The molecule has 7 heteroatoms. The summed E-state index contributed by atoms with van der Waals surface area (Å²) in [6.45, 7) is 6.06.